The first-order chi connectivity index (χ1) is 7.24. The molecule has 4 nitrogen and oxygen atoms in total. The third-order valence-electron chi connectivity index (χ3n) is 1.98. The lowest BCUT2D eigenvalue weighted by Crippen LogP contribution is -2.39. The van der Waals surface area contributed by atoms with Crippen LogP contribution in [0.1, 0.15) is 13.8 Å². The topological polar surface area (TPSA) is 69.4 Å². The van der Waals surface area contributed by atoms with Gasteiger partial charge in [-0.2, -0.15) is 0 Å². The number of hydrogen-bond acceptors (Lipinski definition) is 4. The summed E-state index contributed by atoms with van der Waals surface area (Å²) in [5.41, 5.74) is 4.97. The van der Waals surface area contributed by atoms with E-state index in [1.54, 1.807) is 26.0 Å². The van der Waals surface area contributed by atoms with Gasteiger partial charge in [-0.3, -0.25) is 0 Å². The fourth-order valence-electron chi connectivity index (χ4n) is 1.36. The molecule has 0 spiro atoms. The Morgan fingerprint density at radius 1 is 1.25 bits per heavy atom. The second-order valence-corrected chi connectivity index (χ2v) is 6.41. The number of ether oxygens (including phenoxy) is 1. The van der Waals surface area contributed by atoms with Crippen LogP contribution < -0.4 is 10.5 Å². The van der Waals surface area contributed by atoms with Crippen LogP contribution in [0.3, 0.4) is 0 Å². The van der Waals surface area contributed by atoms with Gasteiger partial charge in [-0.25, -0.2) is 8.42 Å². The Kier molecular flexibility index (Phi) is 3.60. The summed E-state index contributed by atoms with van der Waals surface area (Å²) >= 11 is 0. The molecule has 5 heteroatoms. The van der Waals surface area contributed by atoms with Gasteiger partial charge in [0.1, 0.15) is 5.75 Å². The monoisotopic (exact) mass is 243 g/mol. The lowest BCUT2D eigenvalue weighted by atomic mass is 10.1. The van der Waals surface area contributed by atoms with Gasteiger partial charge in [0.15, 0.2) is 9.84 Å². The van der Waals surface area contributed by atoms with E-state index in [1.165, 1.54) is 19.2 Å². The van der Waals surface area contributed by atoms with E-state index in [0.717, 1.165) is 0 Å². The Balaban J connectivity index is 2.99. The van der Waals surface area contributed by atoms with Crippen LogP contribution in [0.5, 0.6) is 5.75 Å². The summed E-state index contributed by atoms with van der Waals surface area (Å²) in [6.45, 7) is 3.38. The molecule has 0 heterocycles. The Bertz CT molecular complexity index is 443. The molecule has 90 valence electrons. The zero-order valence-electron chi connectivity index (χ0n) is 9.73. The summed E-state index contributed by atoms with van der Waals surface area (Å²) in [6.07, 6.45) is 0. The summed E-state index contributed by atoms with van der Waals surface area (Å²) in [6, 6.07) is 6.30. The first-order valence-electron chi connectivity index (χ1n) is 4.90. The molecule has 2 N–H and O–H groups in total. The minimum absolute atomic E-state index is 0.0771. The van der Waals surface area contributed by atoms with E-state index in [2.05, 4.69) is 0 Å². The summed E-state index contributed by atoms with van der Waals surface area (Å²) in [5.74, 6) is 0.553. The quantitative estimate of drug-likeness (QED) is 0.863. The molecule has 1 rings (SSSR count). The molecule has 16 heavy (non-hydrogen) atoms. The average Bonchev–Trinajstić information content (AvgIpc) is 2.14. The standard InChI is InChI=1S/C11H17NO3S/c1-11(2,12)8-16(13,14)10-6-4-9(15-3)5-7-10/h4-7H,8,12H2,1-3H3. The highest BCUT2D eigenvalue weighted by atomic mass is 32.2. The van der Waals surface area contributed by atoms with Gasteiger partial charge >= 0.3 is 0 Å². The average molecular weight is 243 g/mol. The van der Waals surface area contributed by atoms with E-state index in [1.807, 2.05) is 0 Å². The highest BCUT2D eigenvalue weighted by Gasteiger charge is 2.23. The van der Waals surface area contributed by atoms with Crippen molar-refractivity contribution in [2.45, 2.75) is 24.3 Å². The van der Waals surface area contributed by atoms with Crippen molar-refractivity contribution < 1.29 is 13.2 Å². The molecular weight excluding hydrogens is 226 g/mol. The molecule has 0 amide bonds. The van der Waals surface area contributed by atoms with Gasteiger partial charge in [-0.05, 0) is 38.1 Å². The third kappa shape index (κ3) is 3.50. The fourth-order valence-corrected chi connectivity index (χ4v) is 3.05. The van der Waals surface area contributed by atoms with Crippen LogP contribution in [-0.2, 0) is 9.84 Å². The molecular formula is C11H17NO3S. The summed E-state index contributed by atoms with van der Waals surface area (Å²) in [7, 11) is -1.79. The minimum atomic E-state index is -3.32. The normalized spacial score (nSPS) is 12.5. The first-order valence-corrected chi connectivity index (χ1v) is 6.55. The van der Waals surface area contributed by atoms with Gasteiger partial charge in [-0.1, -0.05) is 0 Å². The Morgan fingerprint density at radius 2 is 1.75 bits per heavy atom. The number of rotatable bonds is 4. The Hall–Kier alpha value is -1.07. The molecule has 0 aliphatic carbocycles. The smallest absolute Gasteiger partial charge is 0.180 e. The molecule has 0 radical (unpaired) electrons. The zero-order valence-corrected chi connectivity index (χ0v) is 10.5. The molecule has 0 aliphatic heterocycles. The van der Waals surface area contributed by atoms with Crippen LogP contribution in [0.25, 0.3) is 0 Å². The highest BCUT2D eigenvalue weighted by molar-refractivity contribution is 7.91. The Morgan fingerprint density at radius 3 is 2.12 bits per heavy atom. The van der Waals surface area contributed by atoms with Gasteiger partial charge < -0.3 is 10.5 Å². The lowest BCUT2D eigenvalue weighted by molar-refractivity contribution is 0.414. The highest BCUT2D eigenvalue weighted by Crippen LogP contribution is 2.18. The van der Waals surface area contributed by atoms with Crippen molar-refractivity contribution in [2.24, 2.45) is 5.73 Å². The first kappa shape index (κ1) is 13.0. The number of methoxy groups -OCH3 is 1. The van der Waals surface area contributed by atoms with E-state index in [9.17, 15) is 8.42 Å². The molecule has 0 saturated heterocycles. The molecule has 0 saturated carbocycles. The van der Waals surface area contributed by atoms with Gasteiger partial charge in [0.2, 0.25) is 0 Å². The molecule has 0 aromatic heterocycles. The van der Waals surface area contributed by atoms with Gasteiger partial charge in [0.25, 0.3) is 0 Å². The van der Waals surface area contributed by atoms with E-state index in [4.69, 9.17) is 10.5 Å². The second kappa shape index (κ2) is 4.43. The van der Waals surface area contributed by atoms with E-state index in [-0.39, 0.29) is 10.6 Å². The lowest BCUT2D eigenvalue weighted by Gasteiger charge is -2.18. The third-order valence-corrected chi connectivity index (χ3v) is 4.10. The number of nitrogens with two attached hydrogens (primary N) is 1. The SMILES string of the molecule is COc1ccc(S(=O)(=O)CC(C)(C)N)cc1. The summed E-state index contributed by atoms with van der Waals surface area (Å²) in [5, 5.41) is 0. The van der Waals surface area contributed by atoms with Crippen molar-refractivity contribution >= 4 is 9.84 Å². The van der Waals surface area contributed by atoms with Crippen LogP contribution in [0.15, 0.2) is 29.2 Å². The van der Waals surface area contributed by atoms with Crippen molar-refractivity contribution in [3.8, 4) is 5.75 Å². The zero-order chi connectivity index (χ0) is 12.4. The summed E-state index contributed by atoms with van der Waals surface area (Å²) < 4.78 is 28.8. The molecule has 0 unspecified atom stereocenters. The van der Waals surface area contributed by atoms with Crippen LogP contribution in [0.2, 0.25) is 0 Å². The van der Waals surface area contributed by atoms with Crippen molar-refractivity contribution in [3.05, 3.63) is 24.3 Å². The molecule has 0 atom stereocenters. The number of benzene rings is 1. The number of sulfone groups is 1. The molecule has 1 aromatic rings. The van der Waals surface area contributed by atoms with Gasteiger partial charge in [0.05, 0.1) is 17.8 Å². The van der Waals surface area contributed by atoms with Crippen molar-refractivity contribution in [1.29, 1.82) is 0 Å². The maximum absolute atomic E-state index is 11.9. The van der Waals surface area contributed by atoms with Crippen molar-refractivity contribution in [2.75, 3.05) is 12.9 Å². The van der Waals surface area contributed by atoms with Crippen molar-refractivity contribution in [1.82, 2.24) is 0 Å². The largest absolute Gasteiger partial charge is 0.497 e. The summed E-state index contributed by atoms with van der Waals surface area (Å²) in [4.78, 5) is 0.270. The molecule has 1 aromatic carbocycles. The predicted molar refractivity (Wildman–Crippen MR) is 63.3 cm³/mol. The van der Waals surface area contributed by atoms with Crippen LogP contribution >= 0.6 is 0 Å². The predicted octanol–water partition coefficient (Wildman–Crippen LogP) is 1.21. The molecule has 0 aliphatic rings. The van der Waals surface area contributed by atoms with Gasteiger partial charge in [0, 0.05) is 5.54 Å². The fraction of sp³-hybridized carbons (Fsp3) is 0.455. The van der Waals surface area contributed by atoms with Gasteiger partial charge in [-0.15, -0.1) is 0 Å². The van der Waals surface area contributed by atoms with E-state index < -0.39 is 15.4 Å². The number of hydrogen-bond donors (Lipinski definition) is 1. The second-order valence-electron chi connectivity index (χ2n) is 4.42. The maximum atomic E-state index is 11.9. The molecule has 0 bridgehead atoms. The van der Waals surface area contributed by atoms with Crippen LogP contribution in [0.4, 0.5) is 0 Å². The Labute approximate surface area is 96.3 Å². The maximum Gasteiger partial charge on any atom is 0.180 e. The van der Waals surface area contributed by atoms with Crippen molar-refractivity contribution in [3.63, 3.8) is 0 Å². The molecule has 0 fully saturated rings. The van der Waals surface area contributed by atoms with Crippen LogP contribution in [-0.4, -0.2) is 26.8 Å². The van der Waals surface area contributed by atoms with E-state index >= 15 is 0 Å². The van der Waals surface area contributed by atoms with Crippen LogP contribution in [0, 0.1) is 0 Å². The van der Waals surface area contributed by atoms with E-state index in [0.29, 0.717) is 5.75 Å². The minimum Gasteiger partial charge on any atom is -0.497 e.